The highest BCUT2D eigenvalue weighted by atomic mass is 32.2. The van der Waals surface area contributed by atoms with Crippen molar-refractivity contribution >= 4 is 27.5 Å². The highest BCUT2D eigenvalue weighted by molar-refractivity contribution is 7.89. The maximum Gasteiger partial charge on any atom is 0.265 e. The van der Waals surface area contributed by atoms with Crippen LogP contribution in [0.4, 0.5) is 5.69 Å². The highest BCUT2D eigenvalue weighted by Crippen LogP contribution is 2.33. The van der Waals surface area contributed by atoms with E-state index in [-0.39, 0.29) is 29.8 Å². The number of ether oxygens (including phenoxy) is 2. The number of carbonyl (C=O) groups excluding carboxylic acids is 2. The second kappa shape index (κ2) is 10.0. The Kier molecular flexibility index (Phi) is 7.08. The molecule has 0 radical (unpaired) electrons. The number of amides is 2. The van der Waals surface area contributed by atoms with Gasteiger partial charge >= 0.3 is 0 Å². The molecule has 2 amide bonds. The molecule has 182 valence electrons. The van der Waals surface area contributed by atoms with E-state index in [1.165, 1.54) is 16.4 Å². The van der Waals surface area contributed by atoms with Crippen molar-refractivity contribution < 1.29 is 27.5 Å². The first-order valence-electron chi connectivity index (χ1n) is 11.3. The van der Waals surface area contributed by atoms with Crippen LogP contribution in [0.2, 0.25) is 0 Å². The lowest BCUT2D eigenvalue weighted by Gasteiger charge is -2.34. The second-order valence-corrected chi connectivity index (χ2v) is 10.2. The number of nitrogens with one attached hydrogen (secondary N) is 1. The maximum atomic E-state index is 13.2. The standard InChI is InChI=1S/C24H29N3O6S/c1-3-21-24(29)25-20-16-19(9-10-22(20)33-21)34(30,31)27-14-12-26(13-15-27)23(28)11-6-17-4-7-18(32-2)8-5-17/h4-5,7-10,16,21H,3,6,11-15H2,1-2H3,(H,25,29)/t21-/m1/s1. The number of piperazine rings is 1. The van der Waals surface area contributed by atoms with Gasteiger partial charge in [-0.15, -0.1) is 0 Å². The first-order chi connectivity index (χ1) is 16.3. The van der Waals surface area contributed by atoms with Gasteiger partial charge in [0.2, 0.25) is 15.9 Å². The molecule has 0 spiro atoms. The number of sulfonamides is 1. The first-order valence-corrected chi connectivity index (χ1v) is 12.8. The number of carbonyl (C=O) groups is 2. The molecule has 10 heteroatoms. The van der Waals surface area contributed by atoms with Crippen LogP contribution in [0.3, 0.4) is 0 Å². The zero-order valence-electron chi connectivity index (χ0n) is 19.3. The third kappa shape index (κ3) is 5.02. The fourth-order valence-electron chi connectivity index (χ4n) is 4.09. The van der Waals surface area contributed by atoms with Gasteiger partial charge in [-0.1, -0.05) is 19.1 Å². The van der Waals surface area contributed by atoms with E-state index in [9.17, 15) is 18.0 Å². The van der Waals surface area contributed by atoms with Gasteiger partial charge in [0.1, 0.15) is 11.5 Å². The first kappa shape index (κ1) is 24.0. The van der Waals surface area contributed by atoms with E-state index in [4.69, 9.17) is 9.47 Å². The number of rotatable bonds is 7. The predicted molar refractivity (Wildman–Crippen MR) is 126 cm³/mol. The molecule has 2 aliphatic heterocycles. The summed E-state index contributed by atoms with van der Waals surface area (Å²) in [5, 5.41) is 2.73. The summed E-state index contributed by atoms with van der Waals surface area (Å²) >= 11 is 0. The van der Waals surface area contributed by atoms with Crippen LogP contribution in [0.5, 0.6) is 11.5 Å². The number of nitrogens with zero attached hydrogens (tertiary/aromatic N) is 2. The SMILES string of the molecule is CC[C@H]1Oc2ccc(S(=O)(=O)N3CCN(C(=O)CCc4ccc(OC)cc4)CC3)cc2NC1=O. The van der Waals surface area contributed by atoms with Crippen molar-refractivity contribution in [2.45, 2.75) is 37.2 Å². The molecule has 1 N–H and O–H groups in total. The Labute approximate surface area is 199 Å². The molecule has 1 atom stereocenters. The minimum Gasteiger partial charge on any atom is -0.497 e. The molecule has 2 heterocycles. The van der Waals surface area contributed by atoms with Gasteiger partial charge in [0.15, 0.2) is 6.10 Å². The Hall–Kier alpha value is -3.11. The quantitative estimate of drug-likeness (QED) is 0.642. The van der Waals surface area contributed by atoms with E-state index in [2.05, 4.69) is 5.32 Å². The number of benzene rings is 2. The number of fused-ring (bicyclic) bond motifs is 1. The summed E-state index contributed by atoms with van der Waals surface area (Å²) < 4.78 is 38.5. The molecule has 1 fully saturated rings. The van der Waals surface area contributed by atoms with Crippen molar-refractivity contribution in [3.63, 3.8) is 0 Å². The van der Waals surface area contributed by atoms with Crippen LogP contribution in [0.25, 0.3) is 0 Å². The van der Waals surface area contributed by atoms with Crippen LogP contribution >= 0.6 is 0 Å². The van der Waals surface area contributed by atoms with Gasteiger partial charge in [-0.3, -0.25) is 9.59 Å². The van der Waals surface area contributed by atoms with Crippen molar-refractivity contribution in [3.8, 4) is 11.5 Å². The molecule has 2 aliphatic rings. The molecule has 0 saturated carbocycles. The van der Waals surface area contributed by atoms with E-state index in [1.54, 1.807) is 18.1 Å². The Morgan fingerprint density at radius 2 is 1.82 bits per heavy atom. The summed E-state index contributed by atoms with van der Waals surface area (Å²) in [4.78, 5) is 26.5. The number of aryl methyl sites for hydroxylation is 1. The minimum atomic E-state index is -3.77. The predicted octanol–water partition coefficient (Wildman–Crippen LogP) is 2.27. The Balaban J connectivity index is 1.34. The molecule has 34 heavy (non-hydrogen) atoms. The maximum absolute atomic E-state index is 13.2. The summed E-state index contributed by atoms with van der Waals surface area (Å²) in [7, 11) is -2.16. The number of methoxy groups -OCH3 is 1. The fourth-order valence-corrected chi connectivity index (χ4v) is 5.54. The molecule has 4 rings (SSSR count). The van der Waals surface area contributed by atoms with E-state index in [0.717, 1.165) is 11.3 Å². The van der Waals surface area contributed by atoms with Crippen molar-refractivity contribution in [2.75, 3.05) is 38.6 Å². The normalized spacial score (nSPS) is 18.6. The van der Waals surface area contributed by atoms with Crippen molar-refractivity contribution in [2.24, 2.45) is 0 Å². The molecule has 0 unspecified atom stereocenters. The molecular weight excluding hydrogens is 458 g/mol. The van der Waals surface area contributed by atoms with Crippen molar-refractivity contribution in [1.82, 2.24) is 9.21 Å². The third-order valence-electron chi connectivity index (χ3n) is 6.16. The van der Waals surface area contributed by atoms with Gasteiger partial charge in [-0.25, -0.2) is 8.42 Å². The number of hydrogen-bond acceptors (Lipinski definition) is 6. The monoisotopic (exact) mass is 487 g/mol. The van der Waals surface area contributed by atoms with Crippen LogP contribution in [0.1, 0.15) is 25.3 Å². The van der Waals surface area contributed by atoms with Gasteiger partial charge in [0.25, 0.3) is 5.91 Å². The van der Waals surface area contributed by atoms with E-state index >= 15 is 0 Å². The summed E-state index contributed by atoms with van der Waals surface area (Å²) in [6.45, 7) is 2.95. The van der Waals surface area contributed by atoms with E-state index < -0.39 is 16.1 Å². The van der Waals surface area contributed by atoms with Crippen LogP contribution in [-0.2, 0) is 26.0 Å². The van der Waals surface area contributed by atoms with Crippen molar-refractivity contribution in [3.05, 3.63) is 48.0 Å². The Bertz CT molecular complexity index is 1160. The zero-order valence-corrected chi connectivity index (χ0v) is 20.1. The molecule has 0 aliphatic carbocycles. The summed E-state index contributed by atoms with van der Waals surface area (Å²) in [5.74, 6) is 0.947. The highest BCUT2D eigenvalue weighted by Gasteiger charge is 2.32. The van der Waals surface area contributed by atoms with Crippen LogP contribution in [0.15, 0.2) is 47.4 Å². The molecule has 2 aromatic rings. The van der Waals surface area contributed by atoms with Gasteiger partial charge in [-0.2, -0.15) is 4.31 Å². The molecule has 2 aromatic carbocycles. The Morgan fingerprint density at radius 3 is 2.47 bits per heavy atom. The second-order valence-electron chi connectivity index (χ2n) is 8.29. The zero-order chi connectivity index (χ0) is 24.3. The van der Waals surface area contributed by atoms with E-state index in [1.807, 2.05) is 31.2 Å². The lowest BCUT2D eigenvalue weighted by atomic mass is 10.1. The minimum absolute atomic E-state index is 0.00647. The lowest BCUT2D eigenvalue weighted by Crippen LogP contribution is -2.50. The van der Waals surface area contributed by atoms with Crippen LogP contribution in [-0.4, -0.2) is 68.8 Å². The van der Waals surface area contributed by atoms with Crippen molar-refractivity contribution in [1.29, 1.82) is 0 Å². The van der Waals surface area contributed by atoms with Gasteiger partial charge < -0.3 is 19.7 Å². The summed E-state index contributed by atoms with van der Waals surface area (Å²) in [6, 6.07) is 12.1. The number of anilines is 1. The average molecular weight is 488 g/mol. The largest absolute Gasteiger partial charge is 0.497 e. The molecule has 1 saturated heterocycles. The number of hydrogen-bond donors (Lipinski definition) is 1. The molecular formula is C24H29N3O6S. The average Bonchev–Trinajstić information content (AvgIpc) is 2.86. The summed E-state index contributed by atoms with van der Waals surface area (Å²) in [5.41, 5.74) is 1.40. The van der Waals surface area contributed by atoms with Gasteiger partial charge in [0.05, 0.1) is 17.7 Å². The van der Waals surface area contributed by atoms with Gasteiger partial charge in [0, 0.05) is 32.6 Å². The molecule has 0 bridgehead atoms. The van der Waals surface area contributed by atoms with Gasteiger partial charge in [-0.05, 0) is 48.7 Å². The topological polar surface area (TPSA) is 105 Å². The van der Waals surface area contributed by atoms with E-state index in [0.29, 0.717) is 43.8 Å². The molecule has 9 nitrogen and oxygen atoms in total. The summed E-state index contributed by atoms with van der Waals surface area (Å²) in [6.07, 6.45) is 0.921. The Morgan fingerprint density at radius 1 is 1.12 bits per heavy atom. The molecule has 0 aromatic heterocycles. The third-order valence-corrected chi connectivity index (χ3v) is 8.05. The van der Waals surface area contributed by atoms with Crippen LogP contribution in [0, 0.1) is 0 Å². The smallest absolute Gasteiger partial charge is 0.265 e. The fraction of sp³-hybridized carbons (Fsp3) is 0.417. The van der Waals surface area contributed by atoms with Crippen LogP contribution < -0.4 is 14.8 Å². The lowest BCUT2D eigenvalue weighted by molar-refractivity contribution is -0.132.